The summed E-state index contributed by atoms with van der Waals surface area (Å²) in [7, 11) is -2.72. The number of pyridine rings is 1. The van der Waals surface area contributed by atoms with Crippen LogP contribution in [0.25, 0.3) is 10.2 Å². The first kappa shape index (κ1) is 18.1. The van der Waals surface area contributed by atoms with Crippen LogP contribution in [0, 0.1) is 15.9 Å². The summed E-state index contributed by atoms with van der Waals surface area (Å²) in [6.45, 7) is 0. The average molecular weight is 399 g/mol. The molecule has 3 rings (SSSR count). The third-order valence-corrected chi connectivity index (χ3v) is 6.03. The molecule has 12 heteroatoms. The predicted octanol–water partition coefficient (Wildman–Crippen LogP) is 2.98. The highest BCUT2D eigenvalue weighted by Gasteiger charge is 2.20. The number of nitro benzene ring substituents is 1. The molecule has 1 N–H and O–H groups in total. The fourth-order valence-electron chi connectivity index (χ4n) is 2.06. The number of nitro groups is 1. The van der Waals surface area contributed by atoms with E-state index < -0.39 is 26.5 Å². The van der Waals surface area contributed by atoms with E-state index in [1.807, 2.05) is 4.89 Å². The van der Waals surface area contributed by atoms with E-state index in [1.165, 1.54) is 18.3 Å². The summed E-state index contributed by atoms with van der Waals surface area (Å²) >= 11 is 0.855. The largest absolute Gasteiger partial charge is 0.453 e. The van der Waals surface area contributed by atoms with Crippen molar-refractivity contribution < 1.29 is 27.3 Å². The Bertz CT molecular complexity index is 1100. The third-order valence-electron chi connectivity index (χ3n) is 3.16. The number of fused-ring (bicyclic) bond motifs is 1. The van der Waals surface area contributed by atoms with Gasteiger partial charge in [0, 0.05) is 18.3 Å². The highest BCUT2D eigenvalue weighted by molar-refractivity contribution is 7.91. The number of halogens is 1. The zero-order chi connectivity index (χ0) is 18.9. The van der Waals surface area contributed by atoms with Crippen LogP contribution < -0.4 is 9.62 Å². The Kier molecular flexibility index (Phi) is 4.82. The van der Waals surface area contributed by atoms with Crippen LogP contribution in [0.4, 0.5) is 10.1 Å². The van der Waals surface area contributed by atoms with E-state index in [1.54, 1.807) is 0 Å². The minimum atomic E-state index is -3.88. The van der Waals surface area contributed by atoms with Gasteiger partial charge < -0.3 is 4.74 Å². The van der Waals surface area contributed by atoms with Crippen LogP contribution in [-0.2, 0) is 14.9 Å². The molecule has 3 aromatic rings. The minimum Gasteiger partial charge on any atom is -0.453 e. The summed E-state index contributed by atoms with van der Waals surface area (Å²) in [6.07, 6.45) is 1.37. The molecule has 0 bridgehead atoms. The number of hydrogen-bond acceptors (Lipinski definition) is 8. The number of aromatic nitrogens is 1. The molecule has 2 aromatic heterocycles. The van der Waals surface area contributed by atoms with Gasteiger partial charge in [-0.15, -0.1) is 11.3 Å². The van der Waals surface area contributed by atoms with Crippen molar-refractivity contribution in [3.63, 3.8) is 0 Å². The highest BCUT2D eigenvalue weighted by atomic mass is 32.2. The number of benzene rings is 1. The molecule has 0 saturated heterocycles. The molecule has 0 fully saturated rings. The quantitative estimate of drug-likeness (QED) is 0.500. The number of hydrogen-bond donors (Lipinski definition) is 1. The van der Waals surface area contributed by atoms with Gasteiger partial charge in [0.1, 0.15) is 9.96 Å². The SMILES string of the molecule is CONS(=O)(=O)c1cc2nccc(Oc3ccc([N+](=O)[O-])cc3F)c2s1. The highest BCUT2D eigenvalue weighted by Crippen LogP contribution is 2.37. The first-order chi connectivity index (χ1) is 12.3. The van der Waals surface area contributed by atoms with E-state index in [2.05, 4.69) is 9.82 Å². The summed E-state index contributed by atoms with van der Waals surface area (Å²) in [5.41, 5.74) is -0.0869. The molecule has 0 spiro atoms. The van der Waals surface area contributed by atoms with Crippen molar-refractivity contribution in [2.75, 3.05) is 7.11 Å². The van der Waals surface area contributed by atoms with Crippen LogP contribution in [0.5, 0.6) is 11.5 Å². The van der Waals surface area contributed by atoms with Crippen LogP contribution in [0.1, 0.15) is 0 Å². The average Bonchev–Trinajstić information content (AvgIpc) is 3.02. The van der Waals surface area contributed by atoms with Gasteiger partial charge in [-0.1, -0.05) is 4.89 Å². The lowest BCUT2D eigenvalue weighted by molar-refractivity contribution is -0.385. The van der Waals surface area contributed by atoms with Gasteiger partial charge in [0.05, 0.1) is 28.3 Å². The van der Waals surface area contributed by atoms with Gasteiger partial charge in [-0.3, -0.25) is 19.9 Å². The van der Waals surface area contributed by atoms with E-state index in [0.29, 0.717) is 10.2 Å². The number of non-ortho nitro benzene ring substituents is 1. The predicted molar refractivity (Wildman–Crippen MR) is 90.1 cm³/mol. The summed E-state index contributed by atoms with van der Waals surface area (Å²) in [5.74, 6) is -1.00. The van der Waals surface area contributed by atoms with Crippen LogP contribution in [0.15, 0.2) is 40.7 Å². The van der Waals surface area contributed by atoms with Crippen LogP contribution >= 0.6 is 11.3 Å². The Morgan fingerprint density at radius 3 is 2.69 bits per heavy atom. The topological polar surface area (TPSA) is 121 Å². The molecule has 0 unspecified atom stereocenters. The molecular weight excluding hydrogens is 389 g/mol. The normalized spacial score (nSPS) is 11.6. The summed E-state index contributed by atoms with van der Waals surface area (Å²) < 4.78 is 43.8. The third kappa shape index (κ3) is 3.48. The Balaban J connectivity index is 2.01. The van der Waals surface area contributed by atoms with Gasteiger partial charge in [0.25, 0.3) is 15.7 Å². The number of rotatable bonds is 6. The zero-order valence-corrected chi connectivity index (χ0v) is 14.6. The summed E-state index contributed by atoms with van der Waals surface area (Å²) in [5, 5.41) is 10.7. The lowest BCUT2D eigenvalue weighted by Gasteiger charge is -2.07. The van der Waals surface area contributed by atoms with Gasteiger partial charge in [-0.2, -0.15) is 0 Å². The van der Waals surface area contributed by atoms with Crippen LogP contribution in [0.3, 0.4) is 0 Å². The molecule has 1 aromatic carbocycles. The molecular formula is C14H10FN3O6S2. The van der Waals surface area contributed by atoms with E-state index in [0.717, 1.165) is 36.6 Å². The number of sulfonamides is 1. The first-order valence-electron chi connectivity index (χ1n) is 6.87. The molecule has 0 radical (unpaired) electrons. The maximum atomic E-state index is 14.0. The first-order valence-corrected chi connectivity index (χ1v) is 9.17. The van der Waals surface area contributed by atoms with Crippen molar-refractivity contribution in [1.82, 2.24) is 9.87 Å². The zero-order valence-electron chi connectivity index (χ0n) is 13.0. The van der Waals surface area contributed by atoms with Crippen molar-refractivity contribution >= 4 is 37.3 Å². The van der Waals surface area contributed by atoms with E-state index >= 15 is 0 Å². The Morgan fingerprint density at radius 1 is 1.27 bits per heavy atom. The van der Waals surface area contributed by atoms with Gasteiger partial charge in [-0.25, -0.2) is 12.8 Å². The monoisotopic (exact) mass is 399 g/mol. The van der Waals surface area contributed by atoms with Crippen LogP contribution in [0.2, 0.25) is 0 Å². The smallest absolute Gasteiger partial charge is 0.272 e. The maximum Gasteiger partial charge on any atom is 0.272 e. The molecule has 0 amide bonds. The van der Waals surface area contributed by atoms with E-state index in [4.69, 9.17) is 4.74 Å². The van der Waals surface area contributed by atoms with Gasteiger partial charge in [0.15, 0.2) is 11.6 Å². The molecule has 26 heavy (non-hydrogen) atoms. The van der Waals surface area contributed by atoms with Gasteiger partial charge in [-0.05, 0) is 12.1 Å². The number of thiophene rings is 1. The van der Waals surface area contributed by atoms with E-state index in [-0.39, 0.29) is 15.7 Å². The number of nitrogens with zero attached hydrogens (tertiary/aromatic N) is 2. The molecule has 0 aliphatic carbocycles. The Hall–Kier alpha value is -2.67. The van der Waals surface area contributed by atoms with Crippen molar-refractivity contribution in [3.05, 3.63) is 52.5 Å². The number of nitrogens with one attached hydrogen (secondary N) is 1. The van der Waals surface area contributed by atoms with Crippen molar-refractivity contribution in [2.45, 2.75) is 4.21 Å². The van der Waals surface area contributed by atoms with E-state index in [9.17, 15) is 22.9 Å². The second-order valence-electron chi connectivity index (χ2n) is 4.85. The standard InChI is InChI=1S/C14H10FN3O6S2/c1-23-17-26(21,22)13-7-10-14(25-13)12(4-5-16-10)24-11-3-2-8(18(19)20)6-9(11)15/h2-7,17H,1H3. The molecule has 0 aliphatic heterocycles. The maximum absolute atomic E-state index is 14.0. The number of ether oxygens (including phenoxy) is 1. The molecule has 0 atom stereocenters. The van der Waals surface area contributed by atoms with Gasteiger partial charge in [0.2, 0.25) is 0 Å². The molecule has 0 saturated carbocycles. The van der Waals surface area contributed by atoms with Crippen molar-refractivity contribution in [2.24, 2.45) is 0 Å². The summed E-state index contributed by atoms with van der Waals surface area (Å²) in [4.78, 5) is 20.3. The molecule has 136 valence electrons. The fraction of sp³-hybridized carbons (Fsp3) is 0.0714. The van der Waals surface area contributed by atoms with Crippen molar-refractivity contribution in [3.8, 4) is 11.5 Å². The van der Waals surface area contributed by atoms with Crippen LogP contribution in [-0.4, -0.2) is 25.4 Å². The fourth-order valence-corrected chi connectivity index (χ4v) is 4.22. The second-order valence-corrected chi connectivity index (χ2v) is 7.78. The van der Waals surface area contributed by atoms with Crippen molar-refractivity contribution in [1.29, 1.82) is 0 Å². The Labute approximate surface area is 150 Å². The minimum absolute atomic E-state index is 0.0675. The van der Waals surface area contributed by atoms with Gasteiger partial charge >= 0.3 is 0 Å². The Morgan fingerprint density at radius 2 is 2.04 bits per heavy atom. The lowest BCUT2D eigenvalue weighted by atomic mass is 10.3. The molecule has 2 heterocycles. The second kappa shape index (κ2) is 6.92. The summed E-state index contributed by atoms with van der Waals surface area (Å²) in [6, 6.07) is 5.71. The lowest BCUT2D eigenvalue weighted by Crippen LogP contribution is -2.21. The molecule has 0 aliphatic rings. The molecule has 9 nitrogen and oxygen atoms in total.